The maximum absolute atomic E-state index is 10.7. The SMILES string of the molecule is COC(=O)C(OC)C(=O)CO. The summed E-state index contributed by atoms with van der Waals surface area (Å²) in [5.74, 6) is -1.51. The van der Waals surface area contributed by atoms with Gasteiger partial charge >= 0.3 is 5.97 Å². The molecule has 0 amide bonds. The molecule has 11 heavy (non-hydrogen) atoms. The molecule has 5 heteroatoms. The number of rotatable bonds is 4. The van der Waals surface area contributed by atoms with Crippen LogP contribution in [0.3, 0.4) is 0 Å². The molecule has 0 radical (unpaired) electrons. The third kappa shape index (κ3) is 2.65. The van der Waals surface area contributed by atoms with Crippen LogP contribution in [0.15, 0.2) is 0 Å². The van der Waals surface area contributed by atoms with E-state index in [1.807, 2.05) is 0 Å². The van der Waals surface area contributed by atoms with Crippen molar-refractivity contribution in [2.45, 2.75) is 6.10 Å². The van der Waals surface area contributed by atoms with Gasteiger partial charge in [-0.1, -0.05) is 0 Å². The van der Waals surface area contributed by atoms with Crippen LogP contribution in [0.4, 0.5) is 0 Å². The first-order valence-electron chi connectivity index (χ1n) is 2.91. The summed E-state index contributed by atoms with van der Waals surface area (Å²) in [6.45, 7) is -0.729. The lowest BCUT2D eigenvalue weighted by Gasteiger charge is -2.08. The molecule has 5 nitrogen and oxygen atoms in total. The van der Waals surface area contributed by atoms with Gasteiger partial charge in [0.15, 0.2) is 5.78 Å². The monoisotopic (exact) mass is 162 g/mol. The molecule has 0 rings (SSSR count). The van der Waals surface area contributed by atoms with Crippen LogP contribution in [-0.4, -0.2) is 43.8 Å². The lowest BCUT2D eigenvalue weighted by molar-refractivity contribution is -0.158. The first-order chi connectivity index (χ1) is 5.17. The number of carbonyl (C=O) groups excluding carboxylic acids is 2. The second-order valence-corrected chi connectivity index (χ2v) is 1.76. The van der Waals surface area contributed by atoms with Crippen LogP contribution in [0.2, 0.25) is 0 Å². The molecule has 0 aliphatic carbocycles. The van der Waals surface area contributed by atoms with Crippen molar-refractivity contribution in [1.29, 1.82) is 0 Å². The topological polar surface area (TPSA) is 72.8 Å². The summed E-state index contributed by atoms with van der Waals surface area (Å²) in [7, 11) is 2.33. The maximum Gasteiger partial charge on any atom is 0.342 e. The molecular formula is C6H10O5. The minimum absolute atomic E-state index is 0.709. The van der Waals surface area contributed by atoms with E-state index in [1.165, 1.54) is 7.11 Å². The predicted octanol–water partition coefficient (Wildman–Crippen LogP) is -1.26. The van der Waals surface area contributed by atoms with E-state index in [-0.39, 0.29) is 0 Å². The van der Waals surface area contributed by atoms with Gasteiger partial charge < -0.3 is 14.6 Å². The highest BCUT2D eigenvalue weighted by Crippen LogP contribution is 1.94. The standard InChI is InChI=1S/C6H10O5/c1-10-5(4(8)3-7)6(9)11-2/h5,7H,3H2,1-2H3. The van der Waals surface area contributed by atoms with E-state index < -0.39 is 24.5 Å². The fourth-order valence-corrected chi connectivity index (χ4v) is 0.549. The lowest BCUT2D eigenvalue weighted by Crippen LogP contribution is -2.34. The number of ketones is 1. The van der Waals surface area contributed by atoms with Crippen LogP contribution in [0, 0.1) is 0 Å². The van der Waals surface area contributed by atoms with Gasteiger partial charge in [0.1, 0.15) is 6.61 Å². The molecule has 0 saturated heterocycles. The zero-order valence-corrected chi connectivity index (χ0v) is 6.36. The predicted molar refractivity (Wildman–Crippen MR) is 34.9 cm³/mol. The van der Waals surface area contributed by atoms with Crippen LogP contribution in [0.5, 0.6) is 0 Å². The molecule has 0 aromatic rings. The second kappa shape index (κ2) is 4.81. The number of hydrogen-bond acceptors (Lipinski definition) is 5. The average molecular weight is 162 g/mol. The summed E-state index contributed by atoms with van der Waals surface area (Å²) in [4.78, 5) is 21.3. The first kappa shape index (κ1) is 10.1. The summed E-state index contributed by atoms with van der Waals surface area (Å²) < 4.78 is 8.70. The quantitative estimate of drug-likeness (QED) is 0.412. The van der Waals surface area contributed by atoms with Gasteiger partial charge in [0.25, 0.3) is 0 Å². The Morgan fingerprint density at radius 2 is 2.00 bits per heavy atom. The second-order valence-electron chi connectivity index (χ2n) is 1.76. The number of methoxy groups -OCH3 is 2. The van der Waals surface area contributed by atoms with Gasteiger partial charge in [-0.25, -0.2) is 4.79 Å². The largest absolute Gasteiger partial charge is 0.467 e. The van der Waals surface area contributed by atoms with Crippen molar-refractivity contribution >= 4 is 11.8 Å². The molecule has 0 heterocycles. The number of aliphatic hydroxyl groups is 1. The third-order valence-electron chi connectivity index (χ3n) is 1.10. The van der Waals surface area contributed by atoms with E-state index in [1.54, 1.807) is 0 Å². The average Bonchev–Trinajstić information content (AvgIpc) is 2.05. The van der Waals surface area contributed by atoms with Gasteiger partial charge in [0.2, 0.25) is 6.10 Å². The molecule has 0 aliphatic heterocycles. The minimum Gasteiger partial charge on any atom is -0.467 e. The highest BCUT2D eigenvalue weighted by molar-refractivity contribution is 6.02. The van der Waals surface area contributed by atoms with E-state index in [0.717, 1.165) is 7.11 Å². The highest BCUT2D eigenvalue weighted by Gasteiger charge is 2.25. The number of Topliss-reactive ketones (excluding diaryl/α,β-unsaturated/α-hetero) is 1. The number of hydrogen-bond donors (Lipinski definition) is 1. The molecule has 1 atom stereocenters. The van der Waals surface area contributed by atoms with Gasteiger partial charge in [0.05, 0.1) is 7.11 Å². The summed E-state index contributed by atoms with van der Waals surface area (Å²) in [5, 5.41) is 8.34. The molecule has 1 unspecified atom stereocenters. The number of ether oxygens (including phenoxy) is 2. The fourth-order valence-electron chi connectivity index (χ4n) is 0.549. The van der Waals surface area contributed by atoms with Crippen molar-refractivity contribution in [2.24, 2.45) is 0 Å². The van der Waals surface area contributed by atoms with E-state index >= 15 is 0 Å². The Bertz CT molecular complexity index is 137. The Balaban J connectivity index is 4.15. The van der Waals surface area contributed by atoms with Crippen molar-refractivity contribution in [3.63, 3.8) is 0 Å². The van der Waals surface area contributed by atoms with E-state index in [0.29, 0.717) is 0 Å². The Hall–Kier alpha value is -0.940. The van der Waals surface area contributed by atoms with Crippen molar-refractivity contribution in [3.8, 4) is 0 Å². The summed E-state index contributed by atoms with van der Waals surface area (Å²) in [6, 6.07) is 0. The molecule has 0 aromatic carbocycles. The third-order valence-corrected chi connectivity index (χ3v) is 1.10. The van der Waals surface area contributed by atoms with Crippen LogP contribution in [-0.2, 0) is 19.1 Å². The van der Waals surface area contributed by atoms with Crippen molar-refractivity contribution in [3.05, 3.63) is 0 Å². The highest BCUT2D eigenvalue weighted by atomic mass is 16.6. The first-order valence-corrected chi connectivity index (χ1v) is 2.91. The van der Waals surface area contributed by atoms with Crippen molar-refractivity contribution in [2.75, 3.05) is 20.8 Å². The zero-order valence-electron chi connectivity index (χ0n) is 6.36. The van der Waals surface area contributed by atoms with E-state index in [2.05, 4.69) is 9.47 Å². The van der Waals surface area contributed by atoms with Gasteiger partial charge in [-0.15, -0.1) is 0 Å². The van der Waals surface area contributed by atoms with E-state index in [4.69, 9.17) is 5.11 Å². The molecular weight excluding hydrogens is 152 g/mol. The number of aliphatic hydroxyl groups excluding tert-OH is 1. The Labute approximate surface area is 63.9 Å². The molecule has 0 aromatic heterocycles. The molecule has 1 N–H and O–H groups in total. The summed E-state index contributed by atoms with van der Waals surface area (Å²) >= 11 is 0. The van der Waals surface area contributed by atoms with Crippen molar-refractivity contribution in [1.82, 2.24) is 0 Å². The summed E-state index contributed by atoms with van der Waals surface area (Å²) in [6.07, 6.45) is -1.30. The van der Waals surface area contributed by atoms with Crippen LogP contribution >= 0.6 is 0 Å². The molecule has 0 spiro atoms. The smallest absolute Gasteiger partial charge is 0.342 e. The van der Waals surface area contributed by atoms with Gasteiger partial charge in [-0.05, 0) is 0 Å². The van der Waals surface area contributed by atoms with Gasteiger partial charge in [-0.3, -0.25) is 4.79 Å². The van der Waals surface area contributed by atoms with Crippen LogP contribution in [0.25, 0.3) is 0 Å². The van der Waals surface area contributed by atoms with Crippen molar-refractivity contribution < 1.29 is 24.2 Å². The maximum atomic E-state index is 10.7. The lowest BCUT2D eigenvalue weighted by atomic mass is 10.2. The van der Waals surface area contributed by atoms with E-state index in [9.17, 15) is 9.59 Å². The molecule has 0 fully saturated rings. The molecule has 0 bridgehead atoms. The van der Waals surface area contributed by atoms with Gasteiger partial charge in [0, 0.05) is 7.11 Å². The number of esters is 1. The van der Waals surface area contributed by atoms with Gasteiger partial charge in [-0.2, -0.15) is 0 Å². The Morgan fingerprint density at radius 1 is 1.45 bits per heavy atom. The normalized spacial score (nSPS) is 12.3. The van der Waals surface area contributed by atoms with Crippen LogP contribution < -0.4 is 0 Å². The zero-order chi connectivity index (χ0) is 8.85. The Morgan fingerprint density at radius 3 is 2.27 bits per heavy atom. The molecule has 64 valence electrons. The van der Waals surface area contributed by atoms with Crippen LogP contribution in [0.1, 0.15) is 0 Å². The number of carbonyl (C=O) groups is 2. The minimum atomic E-state index is -1.30. The summed E-state index contributed by atoms with van der Waals surface area (Å²) in [5.41, 5.74) is 0. The molecule has 0 aliphatic rings. The Kier molecular flexibility index (Phi) is 4.40. The molecule has 0 saturated carbocycles. The fraction of sp³-hybridized carbons (Fsp3) is 0.667.